The Morgan fingerprint density at radius 2 is 2.14 bits per heavy atom. The van der Waals surface area contributed by atoms with Crippen LogP contribution in [-0.4, -0.2) is 22.5 Å². The van der Waals surface area contributed by atoms with E-state index in [0.717, 1.165) is 23.8 Å². The van der Waals surface area contributed by atoms with Crippen molar-refractivity contribution in [2.24, 2.45) is 0 Å². The normalized spacial score (nSPS) is 16.4. The van der Waals surface area contributed by atoms with Gasteiger partial charge in [0.25, 0.3) is 5.91 Å². The van der Waals surface area contributed by atoms with E-state index in [4.69, 9.17) is 4.42 Å². The third-order valence-electron chi connectivity index (χ3n) is 4.26. The first-order chi connectivity index (χ1) is 10.1. The highest BCUT2D eigenvalue weighted by atomic mass is 16.4. The van der Waals surface area contributed by atoms with E-state index in [-0.39, 0.29) is 5.91 Å². The molecule has 0 aliphatic heterocycles. The summed E-state index contributed by atoms with van der Waals surface area (Å²) in [7, 11) is 0. The maximum Gasteiger partial charge on any atom is 0.329 e. The van der Waals surface area contributed by atoms with Gasteiger partial charge in [0.15, 0.2) is 0 Å². The summed E-state index contributed by atoms with van der Waals surface area (Å²) in [6.07, 6.45) is 4.03. The Morgan fingerprint density at radius 3 is 2.71 bits per heavy atom. The molecule has 1 heterocycles. The van der Waals surface area contributed by atoms with Crippen LogP contribution in [-0.2, 0) is 11.2 Å². The molecule has 1 fully saturated rings. The maximum absolute atomic E-state index is 12.4. The van der Waals surface area contributed by atoms with Gasteiger partial charge in [0.2, 0.25) is 0 Å². The predicted octanol–water partition coefficient (Wildman–Crippen LogP) is 2.73. The van der Waals surface area contributed by atoms with Crippen molar-refractivity contribution in [3.63, 3.8) is 0 Å². The van der Waals surface area contributed by atoms with Crippen LogP contribution in [0, 0.1) is 0 Å². The average Bonchev–Trinajstić information content (AvgIpc) is 2.84. The van der Waals surface area contributed by atoms with E-state index in [9.17, 15) is 14.7 Å². The Bertz CT molecular complexity index is 712. The second-order valence-electron chi connectivity index (χ2n) is 5.53. The molecule has 5 heteroatoms. The lowest BCUT2D eigenvalue weighted by molar-refractivity contribution is -0.148. The zero-order valence-corrected chi connectivity index (χ0v) is 11.8. The van der Waals surface area contributed by atoms with E-state index in [1.807, 2.05) is 25.1 Å². The standard InChI is InChI=1S/C16H17NO4/c1-2-10-4-5-13-11(8-10)12(9-21-13)14(18)17-16(15(19)20)6-3-7-16/h4-5,8-9H,2-3,6-7H2,1H3,(H,17,18)(H,19,20). The molecule has 0 radical (unpaired) electrons. The number of hydrogen-bond acceptors (Lipinski definition) is 3. The van der Waals surface area contributed by atoms with Crippen molar-refractivity contribution in [3.8, 4) is 0 Å². The highest BCUT2D eigenvalue weighted by Crippen LogP contribution is 2.33. The number of aliphatic carboxylic acids is 1. The molecule has 0 atom stereocenters. The zero-order valence-electron chi connectivity index (χ0n) is 11.8. The van der Waals surface area contributed by atoms with E-state index in [1.54, 1.807) is 0 Å². The van der Waals surface area contributed by atoms with Crippen molar-refractivity contribution in [1.29, 1.82) is 0 Å². The fraction of sp³-hybridized carbons (Fsp3) is 0.375. The van der Waals surface area contributed by atoms with E-state index in [0.29, 0.717) is 24.0 Å². The van der Waals surface area contributed by atoms with Crippen molar-refractivity contribution in [2.45, 2.75) is 38.1 Å². The van der Waals surface area contributed by atoms with Crippen LogP contribution in [0.5, 0.6) is 0 Å². The van der Waals surface area contributed by atoms with Gasteiger partial charge < -0.3 is 14.8 Å². The number of carboxylic acid groups (broad SMARTS) is 1. The molecular formula is C16H17NO4. The molecule has 1 amide bonds. The topological polar surface area (TPSA) is 79.5 Å². The van der Waals surface area contributed by atoms with Crippen LogP contribution < -0.4 is 5.32 Å². The molecule has 1 aliphatic carbocycles. The Kier molecular flexibility index (Phi) is 3.20. The Morgan fingerprint density at radius 1 is 1.38 bits per heavy atom. The van der Waals surface area contributed by atoms with Crippen molar-refractivity contribution in [1.82, 2.24) is 5.32 Å². The number of benzene rings is 1. The van der Waals surface area contributed by atoms with Gasteiger partial charge in [-0.05, 0) is 43.4 Å². The SMILES string of the molecule is CCc1ccc2occ(C(=O)NC3(C(=O)O)CCC3)c2c1. The highest BCUT2D eigenvalue weighted by molar-refractivity contribution is 6.07. The van der Waals surface area contributed by atoms with Gasteiger partial charge in [-0.1, -0.05) is 13.0 Å². The summed E-state index contributed by atoms with van der Waals surface area (Å²) in [6.45, 7) is 2.04. The molecule has 1 aromatic carbocycles. The number of hydrogen-bond donors (Lipinski definition) is 2. The van der Waals surface area contributed by atoms with Crippen molar-refractivity contribution in [2.75, 3.05) is 0 Å². The first kappa shape index (κ1) is 13.7. The van der Waals surface area contributed by atoms with Crippen molar-refractivity contribution < 1.29 is 19.1 Å². The molecule has 0 unspecified atom stereocenters. The molecule has 1 aliphatic rings. The van der Waals surface area contributed by atoms with Crippen molar-refractivity contribution in [3.05, 3.63) is 35.6 Å². The number of carbonyl (C=O) groups is 2. The number of fused-ring (bicyclic) bond motifs is 1. The lowest BCUT2D eigenvalue weighted by atomic mass is 9.76. The number of aryl methyl sites for hydroxylation is 1. The summed E-state index contributed by atoms with van der Waals surface area (Å²) >= 11 is 0. The highest BCUT2D eigenvalue weighted by Gasteiger charge is 2.46. The van der Waals surface area contributed by atoms with Crippen LogP contribution in [0.15, 0.2) is 28.9 Å². The summed E-state index contributed by atoms with van der Waals surface area (Å²) in [5, 5.41) is 12.7. The van der Waals surface area contributed by atoms with Gasteiger partial charge in [-0.15, -0.1) is 0 Å². The first-order valence-electron chi connectivity index (χ1n) is 7.12. The molecule has 5 nitrogen and oxygen atoms in total. The van der Waals surface area contributed by atoms with Gasteiger partial charge in [0.1, 0.15) is 17.4 Å². The van der Waals surface area contributed by atoms with Crippen LogP contribution in [0.2, 0.25) is 0 Å². The number of amides is 1. The minimum absolute atomic E-state index is 0.385. The third kappa shape index (κ3) is 2.18. The minimum atomic E-state index is -1.11. The molecule has 21 heavy (non-hydrogen) atoms. The molecule has 1 saturated carbocycles. The van der Waals surface area contributed by atoms with E-state index in [2.05, 4.69) is 5.32 Å². The molecule has 0 saturated heterocycles. The molecule has 2 aromatic rings. The Balaban J connectivity index is 1.93. The average molecular weight is 287 g/mol. The van der Waals surface area contributed by atoms with Gasteiger partial charge in [-0.2, -0.15) is 0 Å². The smallest absolute Gasteiger partial charge is 0.329 e. The fourth-order valence-corrected chi connectivity index (χ4v) is 2.68. The van der Waals surface area contributed by atoms with Gasteiger partial charge in [0.05, 0.1) is 5.56 Å². The molecular weight excluding hydrogens is 270 g/mol. The minimum Gasteiger partial charge on any atom is -0.480 e. The number of rotatable bonds is 4. The molecule has 0 spiro atoms. The van der Waals surface area contributed by atoms with Crippen LogP contribution in [0.25, 0.3) is 11.0 Å². The number of furan rings is 1. The Labute approximate surface area is 121 Å². The lowest BCUT2D eigenvalue weighted by Gasteiger charge is -2.38. The third-order valence-corrected chi connectivity index (χ3v) is 4.26. The fourth-order valence-electron chi connectivity index (χ4n) is 2.68. The Hall–Kier alpha value is -2.30. The second kappa shape index (κ2) is 4.91. The van der Waals surface area contributed by atoms with E-state index < -0.39 is 11.5 Å². The molecule has 3 rings (SSSR count). The van der Waals surface area contributed by atoms with Crippen LogP contribution >= 0.6 is 0 Å². The summed E-state index contributed by atoms with van der Waals surface area (Å²) < 4.78 is 5.39. The van der Waals surface area contributed by atoms with Crippen LogP contribution in [0.1, 0.15) is 42.1 Å². The molecule has 2 N–H and O–H groups in total. The molecule has 0 bridgehead atoms. The van der Waals surface area contributed by atoms with Crippen LogP contribution in [0.3, 0.4) is 0 Å². The molecule has 110 valence electrons. The summed E-state index contributed by atoms with van der Waals surface area (Å²) in [5.74, 6) is -1.35. The largest absolute Gasteiger partial charge is 0.480 e. The van der Waals surface area contributed by atoms with Gasteiger partial charge in [0, 0.05) is 5.39 Å². The molecule has 1 aromatic heterocycles. The van der Waals surface area contributed by atoms with Gasteiger partial charge >= 0.3 is 5.97 Å². The van der Waals surface area contributed by atoms with Crippen molar-refractivity contribution >= 4 is 22.8 Å². The van der Waals surface area contributed by atoms with Gasteiger partial charge in [-0.25, -0.2) is 4.79 Å². The number of carbonyl (C=O) groups excluding carboxylic acids is 1. The summed E-state index contributed by atoms with van der Waals surface area (Å²) in [6, 6.07) is 5.71. The van der Waals surface area contributed by atoms with E-state index in [1.165, 1.54) is 6.26 Å². The second-order valence-corrected chi connectivity index (χ2v) is 5.53. The quantitative estimate of drug-likeness (QED) is 0.906. The zero-order chi connectivity index (χ0) is 15.0. The van der Waals surface area contributed by atoms with Crippen LogP contribution in [0.4, 0.5) is 0 Å². The summed E-state index contributed by atoms with van der Waals surface area (Å²) in [4.78, 5) is 23.7. The predicted molar refractivity (Wildman–Crippen MR) is 77.3 cm³/mol. The van der Waals surface area contributed by atoms with Gasteiger partial charge in [-0.3, -0.25) is 4.79 Å². The number of carboxylic acids is 1. The first-order valence-corrected chi connectivity index (χ1v) is 7.12. The monoisotopic (exact) mass is 287 g/mol. The maximum atomic E-state index is 12.4. The lowest BCUT2D eigenvalue weighted by Crippen LogP contribution is -2.59. The van der Waals surface area contributed by atoms with E-state index >= 15 is 0 Å². The number of nitrogens with one attached hydrogen (secondary N) is 1. The summed E-state index contributed by atoms with van der Waals surface area (Å²) in [5.41, 5.74) is 1.03.